The second kappa shape index (κ2) is 5.49. The van der Waals surface area contributed by atoms with Gasteiger partial charge in [-0.15, -0.1) is 0 Å². The van der Waals surface area contributed by atoms with Crippen LogP contribution in [0, 0.1) is 0 Å². The maximum absolute atomic E-state index is 10.0. The van der Waals surface area contributed by atoms with E-state index in [9.17, 15) is 10.2 Å². The van der Waals surface area contributed by atoms with Gasteiger partial charge in [0.25, 0.3) is 0 Å². The second-order valence-electron chi connectivity index (χ2n) is 5.19. The van der Waals surface area contributed by atoms with Gasteiger partial charge in [-0.1, -0.05) is 12.1 Å². The summed E-state index contributed by atoms with van der Waals surface area (Å²) in [7, 11) is 1.87. The van der Waals surface area contributed by atoms with Gasteiger partial charge in [-0.2, -0.15) is 0 Å². The summed E-state index contributed by atoms with van der Waals surface area (Å²) in [5.74, 6) is 0. The molecule has 0 saturated heterocycles. The average molecular weight is 238 g/mol. The largest absolute Gasteiger partial charge is 0.399 e. The van der Waals surface area contributed by atoms with Gasteiger partial charge in [0, 0.05) is 18.8 Å². The number of nitrogens with two attached hydrogens (primary N) is 1. The maximum Gasteiger partial charge on any atom is 0.0916 e. The highest BCUT2D eigenvalue weighted by Crippen LogP contribution is 2.16. The third-order valence-electron chi connectivity index (χ3n) is 2.46. The zero-order chi connectivity index (χ0) is 13.1. The SMILES string of the molecule is CN(CC(O)c1ccc(N)cc1)CC(C)(C)O. The third-order valence-corrected chi connectivity index (χ3v) is 2.46. The van der Waals surface area contributed by atoms with Crippen LogP contribution in [0.1, 0.15) is 25.5 Å². The number of hydrogen-bond donors (Lipinski definition) is 3. The molecule has 1 aromatic rings. The molecule has 0 aliphatic heterocycles. The van der Waals surface area contributed by atoms with Gasteiger partial charge in [-0.05, 0) is 38.6 Å². The first-order valence-electron chi connectivity index (χ1n) is 5.72. The Labute approximate surface area is 103 Å². The number of anilines is 1. The Balaban J connectivity index is 2.54. The minimum absolute atomic E-state index is 0.480. The molecule has 1 aromatic carbocycles. The van der Waals surface area contributed by atoms with Gasteiger partial charge in [0.05, 0.1) is 11.7 Å². The van der Waals surface area contributed by atoms with Crippen LogP contribution >= 0.6 is 0 Å². The molecule has 96 valence electrons. The highest BCUT2D eigenvalue weighted by molar-refractivity contribution is 5.39. The Morgan fingerprint density at radius 1 is 1.29 bits per heavy atom. The van der Waals surface area contributed by atoms with Crippen molar-refractivity contribution in [3.8, 4) is 0 Å². The average Bonchev–Trinajstić information content (AvgIpc) is 2.15. The molecule has 1 atom stereocenters. The number of hydrogen-bond acceptors (Lipinski definition) is 4. The highest BCUT2D eigenvalue weighted by Gasteiger charge is 2.18. The zero-order valence-corrected chi connectivity index (χ0v) is 10.7. The van der Waals surface area contributed by atoms with Crippen molar-refractivity contribution in [2.75, 3.05) is 25.9 Å². The number of aliphatic hydroxyl groups is 2. The molecule has 1 unspecified atom stereocenters. The Morgan fingerprint density at radius 3 is 2.29 bits per heavy atom. The van der Waals surface area contributed by atoms with Crippen molar-refractivity contribution in [1.82, 2.24) is 4.90 Å². The maximum atomic E-state index is 10.0. The molecular formula is C13H22N2O2. The number of nitrogens with zero attached hydrogens (tertiary/aromatic N) is 1. The van der Waals surface area contributed by atoms with Gasteiger partial charge in [0.1, 0.15) is 0 Å². The Hall–Kier alpha value is -1.10. The summed E-state index contributed by atoms with van der Waals surface area (Å²) in [6.45, 7) is 4.49. The molecule has 0 saturated carbocycles. The van der Waals surface area contributed by atoms with E-state index in [2.05, 4.69) is 0 Å². The molecule has 4 nitrogen and oxygen atoms in total. The van der Waals surface area contributed by atoms with E-state index in [4.69, 9.17) is 5.73 Å². The van der Waals surface area contributed by atoms with E-state index in [1.165, 1.54) is 0 Å². The van der Waals surface area contributed by atoms with Crippen LogP contribution in [-0.4, -0.2) is 40.9 Å². The van der Waals surface area contributed by atoms with Crippen molar-refractivity contribution in [2.24, 2.45) is 0 Å². The van der Waals surface area contributed by atoms with Crippen molar-refractivity contribution in [2.45, 2.75) is 25.6 Å². The molecule has 0 aliphatic carbocycles. The minimum Gasteiger partial charge on any atom is -0.399 e. The van der Waals surface area contributed by atoms with Crippen LogP contribution in [0.5, 0.6) is 0 Å². The molecule has 4 heteroatoms. The fraction of sp³-hybridized carbons (Fsp3) is 0.538. The number of nitrogen functional groups attached to an aromatic ring is 1. The van der Waals surface area contributed by atoms with E-state index < -0.39 is 11.7 Å². The third kappa shape index (κ3) is 5.17. The van der Waals surface area contributed by atoms with E-state index in [1.807, 2.05) is 24.1 Å². The lowest BCUT2D eigenvalue weighted by Gasteiger charge is -2.27. The monoisotopic (exact) mass is 238 g/mol. The normalized spacial score (nSPS) is 14.0. The van der Waals surface area contributed by atoms with Crippen molar-refractivity contribution in [3.63, 3.8) is 0 Å². The Morgan fingerprint density at radius 2 is 1.82 bits per heavy atom. The summed E-state index contributed by atoms with van der Waals surface area (Å²) in [5, 5.41) is 19.7. The molecule has 17 heavy (non-hydrogen) atoms. The number of rotatable bonds is 5. The second-order valence-corrected chi connectivity index (χ2v) is 5.19. The van der Waals surface area contributed by atoms with E-state index in [1.54, 1.807) is 26.0 Å². The lowest BCUT2D eigenvalue weighted by Crippen LogP contribution is -2.38. The molecule has 0 aliphatic rings. The first-order valence-corrected chi connectivity index (χ1v) is 5.72. The summed E-state index contributed by atoms with van der Waals surface area (Å²) in [6.07, 6.45) is -0.567. The van der Waals surface area contributed by atoms with Crippen LogP contribution in [0.15, 0.2) is 24.3 Å². The van der Waals surface area contributed by atoms with Crippen molar-refractivity contribution in [3.05, 3.63) is 29.8 Å². The molecule has 0 heterocycles. The van der Waals surface area contributed by atoms with Crippen LogP contribution in [0.4, 0.5) is 5.69 Å². The van der Waals surface area contributed by atoms with Gasteiger partial charge in [0.2, 0.25) is 0 Å². The minimum atomic E-state index is -0.754. The van der Waals surface area contributed by atoms with Crippen LogP contribution in [0.25, 0.3) is 0 Å². The summed E-state index contributed by atoms with van der Waals surface area (Å²) in [5.41, 5.74) is 6.35. The molecule has 4 N–H and O–H groups in total. The predicted octanol–water partition coefficient (Wildman–Crippen LogP) is 1.00. The summed E-state index contributed by atoms with van der Waals surface area (Å²) in [6, 6.07) is 7.18. The molecule has 1 rings (SSSR count). The Kier molecular flexibility index (Phi) is 4.51. The summed E-state index contributed by atoms with van der Waals surface area (Å²) < 4.78 is 0. The number of aliphatic hydroxyl groups excluding tert-OH is 1. The highest BCUT2D eigenvalue weighted by atomic mass is 16.3. The van der Waals surface area contributed by atoms with Crippen molar-refractivity contribution < 1.29 is 10.2 Å². The van der Waals surface area contributed by atoms with Crippen molar-refractivity contribution >= 4 is 5.69 Å². The first kappa shape index (κ1) is 14.0. The van der Waals surface area contributed by atoms with Crippen molar-refractivity contribution in [1.29, 1.82) is 0 Å². The quantitative estimate of drug-likeness (QED) is 0.669. The van der Waals surface area contributed by atoms with Crippen LogP contribution in [0.2, 0.25) is 0 Å². The lowest BCUT2D eigenvalue weighted by molar-refractivity contribution is 0.0284. The molecule has 0 aromatic heterocycles. The van der Waals surface area contributed by atoms with Crippen LogP contribution in [0.3, 0.4) is 0 Å². The van der Waals surface area contributed by atoms with E-state index in [0.717, 1.165) is 5.56 Å². The van der Waals surface area contributed by atoms with Gasteiger partial charge < -0.3 is 20.8 Å². The van der Waals surface area contributed by atoms with Crippen LogP contribution in [-0.2, 0) is 0 Å². The summed E-state index contributed by atoms with van der Waals surface area (Å²) in [4.78, 5) is 1.90. The first-order chi connectivity index (χ1) is 7.78. The molecule has 0 bridgehead atoms. The standard InChI is InChI=1S/C13H22N2O2/c1-13(2,17)9-15(3)8-12(16)10-4-6-11(14)7-5-10/h4-7,12,16-17H,8-9,14H2,1-3H3. The van der Waals surface area contributed by atoms with E-state index in [-0.39, 0.29) is 0 Å². The van der Waals surface area contributed by atoms with E-state index >= 15 is 0 Å². The van der Waals surface area contributed by atoms with Gasteiger partial charge in [0.15, 0.2) is 0 Å². The molecule has 0 spiro atoms. The summed E-state index contributed by atoms with van der Waals surface area (Å²) >= 11 is 0. The van der Waals surface area contributed by atoms with Gasteiger partial charge >= 0.3 is 0 Å². The predicted molar refractivity (Wildman–Crippen MR) is 69.6 cm³/mol. The molecule has 0 radical (unpaired) electrons. The smallest absolute Gasteiger partial charge is 0.0916 e. The number of likely N-dealkylation sites (N-methyl/N-ethyl adjacent to an activating group) is 1. The lowest BCUT2D eigenvalue weighted by atomic mass is 10.1. The molecular weight excluding hydrogens is 216 g/mol. The van der Waals surface area contributed by atoms with Gasteiger partial charge in [-0.25, -0.2) is 0 Å². The molecule has 0 amide bonds. The number of benzene rings is 1. The topological polar surface area (TPSA) is 69.7 Å². The Bertz CT molecular complexity index is 343. The van der Waals surface area contributed by atoms with Crippen LogP contribution < -0.4 is 5.73 Å². The van der Waals surface area contributed by atoms with E-state index in [0.29, 0.717) is 18.8 Å². The zero-order valence-electron chi connectivity index (χ0n) is 10.7. The fourth-order valence-corrected chi connectivity index (χ4v) is 1.84. The molecule has 0 fully saturated rings. The fourth-order valence-electron chi connectivity index (χ4n) is 1.84. The van der Waals surface area contributed by atoms with Gasteiger partial charge in [-0.3, -0.25) is 0 Å².